The van der Waals surface area contributed by atoms with Crippen LogP contribution in [0.25, 0.3) is 0 Å². The first-order valence-electron chi connectivity index (χ1n) is 4.96. The molecule has 1 aromatic carbocycles. The maximum Gasteiger partial charge on any atom is 0.404 e. The molecule has 5 nitrogen and oxygen atoms in total. The van der Waals surface area contributed by atoms with Gasteiger partial charge < -0.3 is 15.7 Å². The first-order valence-corrected chi connectivity index (χ1v) is 4.96. The molecule has 5 heteroatoms. The molecule has 1 aromatic rings. The molecular formula is C11H14N2O3. The van der Waals surface area contributed by atoms with Crippen molar-refractivity contribution in [1.82, 2.24) is 10.6 Å². The van der Waals surface area contributed by atoms with Crippen molar-refractivity contribution in [2.45, 2.75) is 13.0 Å². The lowest BCUT2D eigenvalue weighted by Crippen LogP contribution is -2.29. The number of benzene rings is 1. The minimum absolute atomic E-state index is 0.135. The zero-order chi connectivity index (χ0) is 11.8. The van der Waals surface area contributed by atoms with Crippen LogP contribution < -0.4 is 10.6 Å². The van der Waals surface area contributed by atoms with Crippen LogP contribution in [0.3, 0.4) is 0 Å². The van der Waals surface area contributed by atoms with Gasteiger partial charge in [0.1, 0.15) is 0 Å². The maximum atomic E-state index is 11.3. The van der Waals surface area contributed by atoms with Gasteiger partial charge in [-0.15, -0.1) is 0 Å². The summed E-state index contributed by atoms with van der Waals surface area (Å²) in [5.74, 6) is -0.169. The van der Waals surface area contributed by atoms with E-state index < -0.39 is 6.09 Å². The molecule has 16 heavy (non-hydrogen) atoms. The number of carbonyl (C=O) groups excluding carboxylic acids is 1. The molecule has 0 unspecified atom stereocenters. The fourth-order valence-electron chi connectivity index (χ4n) is 1.17. The molecule has 0 aromatic heterocycles. The van der Waals surface area contributed by atoms with Crippen LogP contribution in [-0.4, -0.2) is 23.7 Å². The zero-order valence-corrected chi connectivity index (χ0v) is 8.77. The van der Waals surface area contributed by atoms with E-state index in [1.54, 1.807) is 0 Å². The van der Waals surface area contributed by atoms with Crippen molar-refractivity contribution in [1.29, 1.82) is 0 Å². The van der Waals surface area contributed by atoms with Gasteiger partial charge in [-0.3, -0.25) is 4.79 Å². The first-order chi connectivity index (χ1) is 7.68. The molecule has 1 rings (SSSR count). The third-order valence-corrected chi connectivity index (χ3v) is 1.96. The van der Waals surface area contributed by atoms with Gasteiger partial charge in [-0.1, -0.05) is 30.3 Å². The Kier molecular flexibility index (Phi) is 4.85. The van der Waals surface area contributed by atoms with Crippen LogP contribution in [0, 0.1) is 0 Å². The second kappa shape index (κ2) is 6.44. The lowest BCUT2D eigenvalue weighted by atomic mass is 10.2. The van der Waals surface area contributed by atoms with Crippen molar-refractivity contribution < 1.29 is 14.7 Å². The van der Waals surface area contributed by atoms with Gasteiger partial charge >= 0.3 is 6.09 Å². The zero-order valence-electron chi connectivity index (χ0n) is 8.77. The number of carboxylic acid groups (broad SMARTS) is 1. The predicted molar refractivity (Wildman–Crippen MR) is 58.9 cm³/mol. The van der Waals surface area contributed by atoms with Gasteiger partial charge in [0.15, 0.2) is 0 Å². The number of carbonyl (C=O) groups is 2. The summed E-state index contributed by atoms with van der Waals surface area (Å²) < 4.78 is 0. The Labute approximate surface area is 93.5 Å². The van der Waals surface area contributed by atoms with Gasteiger partial charge in [0, 0.05) is 19.5 Å². The summed E-state index contributed by atoms with van der Waals surface area (Å²) >= 11 is 0. The fraction of sp³-hybridized carbons (Fsp3) is 0.273. The van der Waals surface area contributed by atoms with Gasteiger partial charge in [-0.2, -0.15) is 0 Å². The van der Waals surface area contributed by atoms with Crippen LogP contribution in [0.4, 0.5) is 4.79 Å². The van der Waals surface area contributed by atoms with Gasteiger partial charge in [-0.25, -0.2) is 4.79 Å². The van der Waals surface area contributed by atoms with E-state index in [1.807, 2.05) is 30.3 Å². The molecule has 0 aliphatic heterocycles. The summed E-state index contributed by atoms with van der Waals surface area (Å²) in [6.07, 6.45) is -0.963. The number of rotatable bonds is 5. The molecule has 86 valence electrons. The third kappa shape index (κ3) is 4.99. The highest BCUT2D eigenvalue weighted by molar-refractivity contribution is 5.76. The van der Waals surface area contributed by atoms with E-state index >= 15 is 0 Å². The number of nitrogens with one attached hydrogen (secondary N) is 2. The first kappa shape index (κ1) is 12.0. The molecule has 0 atom stereocenters. The molecule has 2 amide bonds. The average Bonchev–Trinajstić information content (AvgIpc) is 2.27. The van der Waals surface area contributed by atoms with E-state index in [4.69, 9.17) is 5.11 Å². The minimum Gasteiger partial charge on any atom is -0.465 e. The molecule has 0 fully saturated rings. The highest BCUT2D eigenvalue weighted by atomic mass is 16.4. The van der Waals surface area contributed by atoms with Gasteiger partial charge in [-0.05, 0) is 5.56 Å². The number of hydrogen-bond donors (Lipinski definition) is 3. The van der Waals surface area contributed by atoms with E-state index in [0.29, 0.717) is 6.54 Å². The van der Waals surface area contributed by atoms with Crippen LogP contribution in [0.1, 0.15) is 12.0 Å². The third-order valence-electron chi connectivity index (χ3n) is 1.96. The summed E-state index contributed by atoms with van der Waals surface area (Å²) in [6, 6.07) is 9.52. The van der Waals surface area contributed by atoms with Gasteiger partial charge in [0.2, 0.25) is 5.91 Å². The minimum atomic E-state index is -1.11. The smallest absolute Gasteiger partial charge is 0.404 e. The van der Waals surface area contributed by atoms with Gasteiger partial charge in [0.05, 0.1) is 0 Å². The lowest BCUT2D eigenvalue weighted by Gasteiger charge is -2.05. The van der Waals surface area contributed by atoms with E-state index in [1.165, 1.54) is 0 Å². The number of amides is 2. The fourth-order valence-corrected chi connectivity index (χ4v) is 1.17. The monoisotopic (exact) mass is 222 g/mol. The van der Waals surface area contributed by atoms with Crippen LogP contribution in [-0.2, 0) is 11.3 Å². The van der Waals surface area contributed by atoms with E-state index in [2.05, 4.69) is 10.6 Å². The summed E-state index contributed by atoms with van der Waals surface area (Å²) in [6.45, 7) is 0.600. The number of hydrogen-bond acceptors (Lipinski definition) is 2. The molecule has 0 saturated carbocycles. The molecule has 0 aliphatic carbocycles. The van der Waals surface area contributed by atoms with Gasteiger partial charge in [0.25, 0.3) is 0 Å². The molecule has 0 bridgehead atoms. The van der Waals surface area contributed by atoms with Crippen LogP contribution in [0.5, 0.6) is 0 Å². The predicted octanol–water partition coefficient (Wildman–Crippen LogP) is 0.960. The normalized spacial score (nSPS) is 9.50. The second-order valence-electron chi connectivity index (χ2n) is 3.24. The maximum absolute atomic E-state index is 11.3. The Morgan fingerprint density at radius 3 is 2.44 bits per heavy atom. The Bertz CT molecular complexity index is 352. The van der Waals surface area contributed by atoms with Crippen LogP contribution in [0.15, 0.2) is 30.3 Å². The molecule has 3 N–H and O–H groups in total. The SMILES string of the molecule is O=C(O)NCCC(=O)NCc1ccccc1. The van der Waals surface area contributed by atoms with Crippen LogP contribution in [0.2, 0.25) is 0 Å². The van der Waals surface area contributed by atoms with E-state index in [9.17, 15) is 9.59 Å². The summed E-state index contributed by atoms with van der Waals surface area (Å²) in [5, 5.41) is 13.1. The van der Waals surface area contributed by atoms with Crippen molar-refractivity contribution in [2.75, 3.05) is 6.54 Å². The Hall–Kier alpha value is -2.04. The Balaban J connectivity index is 2.18. The lowest BCUT2D eigenvalue weighted by molar-refractivity contribution is -0.121. The van der Waals surface area contributed by atoms with E-state index in [0.717, 1.165) is 5.56 Å². The molecule has 0 spiro atoms. The van der Waals surface area contributed by atoms with Crippen molar-refractivity contribution in [3.05, 3.63) is 35.9 Å². The molecule has 0 heterocycles. The highest BCUT2D eigenvalue weighted by Gasteiger charge is 2.01. The topological polar surface area (TPSA) is 78.4 Å². The van der Waals surface area contributed by atoms with Crippen molar-refractivity contribution in [3.63, 3.8) is 0 Å². The van der Waals surface area contributed by atoms with Crippen molar-refractivity contribution in [3.8, 4) is 0 Å². The average molecular weight is 222 g/mol. The Morgan fingerprint density at radius 2 is 1.81 bits per heavy atom. The molecule has 0 radical (unpaired) electrons. The largest absolute Gasteiger partial charge is 0.465 e. The standard InChI is InChI=1S/C11H14N2O3/c14-10(6-7-12-11(15)16)13-8-9-4-2-1-3-5-9/h1-5,12H,6-8H2,(H,13,14)(H,15,16). The molecule has 0 aliphatic rings. The summed E-state index contributed by atoms with van der Waals surface area (Å²) in [4.78, 5) is 21.4. The Morgan fingerprint density at radius 1 is 1.12 bits per heavy atom. The summed E-state index contributed by atoms with van der Waals surface area (Å²) in [7, 11) is 0. The second-order valence-corrected chi connectivity index (χ2v) is 3.24. The molecule has 0 saturated heterocycles. The quantitative estimate of drug-likeness (QED) is 0.694. The van der Waals surface area contributed by atoms with Crippen LogP contribution >= 0.6 is 0 Å². The molecular weight excluding hydrogens is 208 g/mol. The van der Waals surface area contributed by atoms with E-state index in [-0.39, 0.29) is 18.9 Å². The van der Waals surface area contributed by atoms with Crippen molar-refractivity contribution >= 4 is 12.0 Å². The highest BCUT2D eigenvalue weighted by Crippen LogP contribution is 1.97. The summed E-state index contributed by atoms with van der Waals surface area (Å²) in [5.41, 5.74) is 1.02. The van der Waals surface area contributed by atoms with Crippen molar-refractivity contribution in [2.24, 2.45) is 0 Å².